The number of furan rings is 1. The monoisotopic (exact) mass is 442 g/mol. The number of hydrogen-bond donors (Lipinski definition) is 1. The molecule has 2 heterocycles. The Morgan fingerprint density at radius 2 is 1.67 bits per heavy atom. The van der Waals surface area contributed by atoms with Gasteiger partial charge in [-0.1, -0.05) is 39.7 Å². The predicted octanol–water partition coefficient (Wildman–Crippen LogP) is 5.46. The summed E-state index contributed by atoms with van der Waals surface area (Å²) in [6, 6.07) is 17.2. The van der Waals surface area contributed by atoms with Crippen LogP contribution < -0.4 is 10.2 Å². The van der Waals surface area contributed by atoms with Crippen molar-refractivity contribution in [2.75, 3.05) is 4.90 Å². The number of anilines is 1. The van der Waals surface area contributed by atoms with Crippen molar-refractivity contribution in [3.8, 4) is 11.3 Å². The van der Waals surface area contributed by atoms with Gasteiger partial charge in [0.2, 0.25) is 0 Å². The summed E-state index contributed by atoms with van der Waals surface area (Å²) in [5.41, 5.74) is 1.50. The lowest BCUT2D eigenvalue weighted by Gasteiger charge is -2.11. The summed E-state index contributed by atoms with van der Waals surface area (Å²) < 4.78 is 6.75. The lowest BCUT2D eigenvalue weighted by molar-refractivity contribution is -0.113. The Bertz CT molecular complexity index is 1060. The van der Waals surface area contributed by atoms with E-state index in [1.165, 1.54) is 6.08 Å². The van der Waals surface area contributed by atoms with Crippen LogP contribution in [0.4, 0.5) is 10.5 Å². The average Bonchev–Trinajstić information content (AvgIpc) is 3.22. The topological polar surface area (TPSA) is 62.6 Å². The molecule has 5 nitrogen and oxygen atoms in total. The number of benzene rings is 2. The number of nitrogens with zero attached hydrogens (tertiary/aromatic N) is 1. The second-order valence-corrected chi connectivity index (χ2v) is 7.17. The molecule has 1 aromatic heterocycles. The van der Waals surface area contributed by atoms with Gasteiger partial charge in [-0.2, -0.15) is 0 Å². The van der Waals surface area contributed by atoms with E-state index < -0.39 is 11.9 Å². The molecule has 4 rings (SSSR count). The van der Waals surface area contributed by atoms with Gasteiger partial charge >= 0.3 is 6.03 Å². The number of imide groups is 1. The van der Waals surface area contributed by atoms with Gasteiger partial charge in [0.1, 0.15) is 17.2 Å². The standard InChI is InChI=1S/C20H12BrClN2O3/c21-13-3-1-12(2-4-13)18-10-9-16(27-18)11-17-19(25)24(20(26)23-17)15-7-5-14(22)6-8-15/h1-11H,(H,23,26)/b17-11-. The van der Waals surface area contributed by atoms with Crippen LogP contribution in [0.1, 0.15) is 5.76 Å². The fraction of sp³-hybridized carbons (Fsp3) is 0. The van der Waals surface area contributed by atoms with E-state index in [-0.39, 0.29) is 5.70 Å². The highest BCUT2D eigenvalue weighted by Gasteiger charge is 2.35. The Morgan fingerprint density at radius 3 is 2.37 bits per heavy atom. The summed E-state index contributed by atoms with van der Waals surface area (Å²) in [4.78, 5) is 25.9. The van der Waals surface area contributed by atoms with E-state index in [0.29, 0.717) is 22.2 Å². The second-order valence-electron chi connectivity index (χ2n) is 5.81. The Morgan fingerprint density at radius 1 is 0.963 bits per heavy atom. The zero-order valence-electron chi connectivity index (χ0n) is 13.8. The first-order chi connectivity index (χ1) is 13.0. The van der Waals surface area contributed by atoms with Gasteiger partial charge in [-0.25, -0.2) is 9.69 Å². The van der Waals surface area contributed by atoms with E-state index in [2.05, 4.69) is 21.2 Å². The number of rotatable bonds is 3. The maximum atomic E-state index is 12.6. The Labute approximate surface area is 168 Å². The molecule has 0 spiro atoms. The zero-order valence-corrected chi connectivity index (χ0v) is 16.1. The lowest BCUT2D eigenvalue weighted by atomic mass is 10.2. The molecule has 1 aliphatic rings. The van der Waals surface area contributed by atoms with E-state index in [9.17, 15) is 9.59 Å². The molecule has 7 heteroatoms. The molecular weight excluding hydrogens is 432 g/mol. The largest absolute Gasteiger partial charge is 0.457 e. The van der Waals surface area contributed by atoms with Crippen LogP contribution in [0.25, 0.3) is 17.4 Å². The fourth-order valence-electron chi connectivity index (χ4n) is 2.70. The molecule has 0 unspecified atom stereocenters. The van der Waals surface area contributed by atoms with Gasteiger partial charge in [0, 0.05) is 21.1 Å². The molecule has 134 valence electrons. The van der Waals surface area contributed by atoms with Gasteiger partial charge in [0.25, 0.3) is 5.91 Å². The lowest BCUT2D eigenvalue weighted by Crippen LogP contribution is -2.30. The number of hydrogen-bond acceptors (Lipinski definition) is 3. The van der Waals surface area contributed by atoms with Crippen molar-refractivity contribution < 1.29 is 14.0 Å². The predicted molar refractivity (Wildman–Crippen MR) is 107 cm³/mol. The maximum Gasteiger partial charge on any atom is 0.333 e. The molecule has 1 N–H and O–H groups in total. The third-order valence-corrected chi connectivity index (χ3v) is 4.79. The molecule has 0 bridgehead atoms. The zero-order chi connectivity index (χ0) is 19.0. The quantitative estimate of drug-likeness (QED) is 0.432. The van der Waals surface area contributed by atoms with Gasteiger partial charge in [-0.15, -0.1) is 0 Å². The van der Waals surface area contributed by atoms with Crippen LogP contribution in [0.15, 0.2) is 75.3 Å². The van der Waals surface area contributed by atoms with Crippen molar-refractivity contribution in [2.24, 2.45) is 0 Å². The van der Waals surface area contributed by atoms with Crippen LogP contribution in [-0.4, -0.2) is 11.9 Å². The van der Waals surface area contributed by atoms with Crippen LogP contribution >= 0.6 is 27.5 Å². The van der Waals surface area contributed by atoms with Crippen LogP contribution in [0, 0.1) is 0 Å². The summed E-state index contributed by atoms with van der Waals surface area (Å²) in [6.45, 7) is 0. The van der Waals surface area contributed by atoms with Crippen molar-refractivity contribution in [1.82, 2.24) is 5.32 Å². The summed E-state index contributed by atoms with van der Waals surface area (Å²) in [5, 5.41) is 3.10. The molecule has 1 fully saturated rings. The van der Waals surface area contributed by atoms with Gasteiger partial charge in [-0.05, 0) is 48.5 Å². The van der Waals surface area contributed by atoms with Crippen molar-refractivity contribution in [2.45, 2.75) is 0 Å². The number of carbonyl (C=O) groups excluding carboxylic acids is 2. The van der Waals surface area contributed by atoms with Crippen LogP contribution in [0.3, 0.4) is 0 Å². The summed E-state index contributed by atoms with van der Waals surface area (Å²) in [5.74, 6) is 0.680. The molecule has 3 amide bonds. The average molecular weight is 444 g/mol. The minimum atomic E-state index is -0.520. The molecular formula is C20H12BrClN2O3. The SMILES string of the molecule is O=C1N/C(=C\c2ccc(-c3ccc(Br)cc3)o2)C(=O)N1c1ccc(Cl)cc1. The van der Waals surface area contributed by atoms with Crippen LogP contribution in [-0.2, 0) is 4.79 Å². The molecule has 1 aliphatic heterocycles. The summed E-state index contributed by atoms with van der Waals surface area (Å²) in [6.07, 6.45) is 1.51. The number of urea groups is 1. The van der Waals surface area contributed by atoms with Crippen molar-refractivity contribution >= 4 is 51.2 Å². The Kier molecular flexibility index (Phi) is 4.59. The first-order valence-corrected chi connectivity index (χ1v) is 9.17. The van der Waals surface area contributed by atoms with Gasteiger partial charge in [-0.3, -0.25) is 4.79 Å². The molecule has 0 atom stereocenters. The summed E-state index contributed by atoms with van der Waals surface area (Å²) >= 11 is 9.25. The highest BCUT2D eigenvalue weighted by Crippen LogP contribution is 2.27. The number of amides is 3. The molecule has 0 saturated carbocycles. The molecule has 27 heavy (non-hydrogen) atoms. The number of carbonyl (C=O) groups is 2. The van der Waals surface area contributed by atoms with Crippen LogP contribution in [0.2, 0.25) is 5.02 Å². The fourth-order valence-corrected chi connectivity index (χ4v) is 3.09. The number of halogens is 2. The minimum absolute atomic E-state index is 0.145. The van der Waals surface area contributed by atoms with E-state index in [1.807, 2.05) is 30.3 Å². The van der Waals surface area contributed by atoms with E-state index in [4.69, 9.17) is 16.0 Å². The molecule has 3 aromatic rings. The van der Waals surface area contributed by atoms with Crippen LogP contribution in [0.5, 0.6) is 0 Å². The van der Waals surface area contributed by atoms with E-state index >= 15 is 0 Å². The molecule has 1 saturated heterocycles. The Hall–Kier alpha value is -2.83. The van der Waals surface area contributed by atoms with Gasteiger partial charge in [0.05, 0.1) is 5.69 Å². The van der Waals surface area contributed by atoms with Gasteiger partial charge in [0.15, 0.2) is 0 Å². The second kappa shape index (κ2) is 7.06. The third-order valence-electron chi connectivity index (χ3n) is 4.01. The normalized spacial score (nSPS) is 15.5. The molecule has 2 aromatic carbocycles. The Balaban J connectivity index is 1.59. The summed E-state index contributed by atoms with van der Waals surface area (Å²) in [7, 11) is 0. The highest BCUT2D eigenvalue weighted by molar-refractivity contribution is 9.10. The third kappa shape index (κ3) is 3.54. The minimum Gasteiger partial charge on any atom is -0.457 e. The van der Waals surface area contributed by atoms with Gasteiger partial charge < -0.3 is 9.73 Å². The van der Waals surface area contributed by atoms with Crippen molar-refractivity contribution in [1.29, 1.82) is 0 Å². The number of nitrogens with one attached hydrogen (secondary N) is 1. The van der Waals surface area contributed by atoms with Crippen molar-refractivity contribution in [3.05, 3.63) is 81.6 Å². The highest BCUT2D eigenvalue weighted by atomic mass is 79.9. The maximum absolute atomic E-state index is 12.6. The molecule has 0 radical (unpaired) electrons. The first kappa shape index (κ1) is 17.6. The van der Waals surface area contributed by atoms with Crippen molar-refractivity contribution in [3.63, 3.8) is 0 Å². The molecule has 0 aliphatic carbocycles. The smallest absolute Gasteiger partial charge is 0.333 e. The first-order valence-electron chi connectivity index (χ1n) is 8.00. The van der Waals surface area contributed by atoms with E-state index in [1.54, 1.807) is 30.3 Å². The van der Waals surface area contributed by atoms with E-state index in [0.717, 1.165) is 14.9 Å².